The van der Waals surface area contributed by atoms with E-state index in [9.17, 15) is 14.9 Å². The van der Waals surface area contributed by atoms with Gasteiger partial charge in [-0.2, -0.15) is 11.3 Å². The zero-order valence-corrected chi connectivity index (χ0v) is 14.4. The van der Waals surface area contributed by atoms with Gasteiger partial charge in [0, 0.05) is 28.0 Å². The van der Waals surface area contributed by atoms with Crippen molar-refractivity contribution in [1.82, 2.24) is 4.98 Å². The Bertz CT molecular complexity index is 933. The molecule has 1 aromatic carbocycles. The van der Waals surface area contributed by atoms with E-state index in [1.165, 1.54) is 35.6 Å². The van der Waals surface area contributed by atoms with Gasteiger partial charge in [-0.05, 0) is 35.7 Å². The second kappa shape index (κ2) is 7.04. The molecular weight excluding hydrogens is 368 g/mol. The van der Waals surface area contributed by atoms with Gasteiger partial charge >= 0.3 is 0 Å². The molecule has 120 valence electrons. The fourth-order valence-corrected chi connectivity index (χ4v) is 3.63. The zero-order valence-electron chi connectivity index (χ0n) is 12.0. The van der Waals surface area contributed by atoms with Crippen LogP contribution in [0.4, 0.5) is 5.69 Å². The number of halogens is 1. The molecule has 5 nitrogen and oxygen atoms in total. The second-order valence-corrected chi connectivity index (χ2v) is 6.76. The molecule has 24 heavy (non-hydrogen) atoms. The highest BCUT2D eigenvalue weighted by Crippen LogP contribution is 2.27. The lowest BCUT2D eigenvalue weighted by molar-refractivity contribution is -0.384. The van der Waals surface area contributed by atoms with E-state index in [0.717, 1.165) is 10.6 Å². The first kappa shape index (κ1) is 16.5. The van der Waals surface area contributed by atoms with Gasteiger partial charge in [0.05, 0.1) is 10.6 Å². The van der Waals surface area contributed by atoms with Gasteiger partial charge in [-0.25, -0.2) is 4.98 Å². The van der Waals surface area contributed by atoms with E-state index in [4.69, 9.17) is 11.6 Å². The first-order chi connectivity index (χ1) is 11.5. The largest absolute Gasteiger partial charge is 0.289 e. The predicted molar refractivity (Wildman–Crippen MR) is 96.9 cm³/mol. The normalized spacial score (nSPS) is 11.0. The molecule has 0 N–H and O–H groups in total. The minimum absolute atomic E-state index is 0.000403. The molecule has 0 saturated heterocycles. The molecule has 0 atom stereocenters. The standard InChI is InChI=1S/C16H9ClN2O3S2/c17-13-3-1-10(7-14(13)19(21)22)15(20)4-2-12-9-24-16(18-12)11-5-6-23-8-11/h1-9H/b4-2+. The summed E-state index contributed by atoms with van der Waals surface area (Å²) in [5, 5.41) is 17.6. The van der Waals surface area contributed by atoms with Crippen molar-refractivity contribution in [2.24, 2.45) is 0 Å². The number of rotatable bonds is 5. The number of nitrogens with zero attached hydrogens (tertiary/aromatic N) is 2. The van der Waals surface area contributed by atoms with Crippen LogP contribution in [0.5, 0.6) is 0 Å². The van der Waals surface area contributed by atoms with Crippen LogP contribution in [-0.4, -0.2) is 15.7 Å². The minimum atomic E-state index is -0.615. The number of ketones is 1. The molecule has 0 spiro atoms. The Balaban J connectivity index is 1.78. The van der Waals surface area contributed by atoms with Gasteiger partial charge in [0.25, 0.3) is 5.69 Å². The van der Waals surface area contributed by atoms with E-state index >= 15 is 0 Å². The van der Waals surface area contributed by atoms with Crippen molar-refractivity contribution in [3.05, 3.63) is 72.9 Å². The van der Waals surface area contributed by atoms with Gasteiger partial charge in [0.2, 0.25) is 0 Å². The number of nitro benzene ring substituents is 1. The third-order valence-electron chi connectivity index (χ3n) is 3.12. The number of benzene rings is 1. The molecule has 0 amide bonds. The summed E-state index contributed by atoms with van der Waals surface area (Å²) in [6.07, 6.45) is 2.94. The molecule has 0 fully saturated rings. The van der Waals surface area contributed by atoms with Crippen LogP contribution in [0.2, 0.25) is 5.02 Å². The summed E-state index contributed by atoms with van der Waals surface area (Å²) in [6, 6.07) is 5.96. The van der Waals surface area contributed by atoms with E-state index in [1.807, 2.05) is 22.2 Å². The highest BCUT2D eigenvalue weighted by Gasteiger charge is 2.15. The number of hydrogen-bond acceptors (Lipinski definition) is 6. The lowest BCUT2D eigenvalue weighted by Gasteiger charge is -1.98. The monoisotopic (exact) mass is 376 g/mol. The van der Waals surface area contributed by atoms with Gasteiger partial charge in [-0.3, -0.25) is 14.9 Å². The second-order valence-electron chi connectivity index (χ2n) is 4.71. The number of allylic oxidation sites excluding steroid dienone is 1. The van der Waals surface area contributed by atoms with Crippen molar-refractivity contribution in [2.45, 2.75) is 0 Å². The topological polar surface area (TPSA) is 73.1 Å². The number of hydrogen-bond donors (Lipinski definition) is 0. The van der Waals surface area contributed by atoms with Gasteiger partial charge in [0.15, 0.2) is 5.78 Å². The SMILES string of the molecule is O=C(/C=C/c1csc(-c2ccsc2)n1)c1ccc(Cl)c([N+](=O)[O-])c1. The summed E-state index contributed by atoms with van der Waals surface area (Å²) in [5.41, 5.74) is 1.63. The Morgan fingerprint density at radius 3 is 2.83 bits per heavy atom. The summed E-state index contributed by atoms with van der Waals surface area (Å²) in [4.78, 5) is 26.9. The van der Waals surface area contributed by atoms with Crippen molar-refractivity contribution in [2.75, 3.05) is 0 Å². The molecule has 0 unspecified atom stereocenters. The quantitative estimate of drug-likeness (QED) is 0.261. The van der Waals surface area contributed by atoms with Crippen LogP contribution in [-0.2, 0) is 0 Å². The molecule has 3 aromatic rings. The van der Waals surface area contributed by atoms with E-state index in [2.05, 4.69) is 4.98 Å². The Kier molecular flexibility index (Phi) is 4.84. The Labute approximate surface area is 150 Å². The van der Waals surface area contributed by atoms with Crippen LogP contribution >= 0.6 is 34.3 Å². The molecule has 0 radical (unpaired) electrons. The maximum Gasteiger partial charge on any atom is 0.288 e. The van der Waals surface area contributed by atoms with E-state index in [0.29, 0.717) is 5.69 Å². The maximum atomic E-state index is 12.2. The third kappa shape index (κ3) is 3.59. The highest BCUT2D eigenvalue weighted by molar-refractivity contribution is 7.14. The number of aromatic nitrogens is 1. The fourth-order valence-electron chi connectivity index (χ4n) is 1.94. The molecule has 2 heterocycles. The number of carbonyl (C=O) groups excluding carboxylic acids is 1. The van der Waals surface area contributed by atoms with Crippen LogP contribution in [0.3, 0.4) is 0 Å². The van der Waals surface area contributed by atoms with Crippen molar-refractivity contribution in [3.8, 4) is 10.6 Å². The minimum Gasteiger partial charge on any atom is -0.289 e. The molecular formula is C16H9ClN2O3S2. The highest BCUT2D eigenvalue weighted by atomic mass is 35.5. The van der Waals surface area contributed by atoms with E-state index < -0.39 is 4.92 Å². The van der Waals surface area contributed by atoms with Crippen LogP contribution in [0.1, 0.15) is 16.1 Å². The first-order valence-electron chi connectivity index (χ1n) is 6.69. The molecule has 0 aliphatic carbocycles. The number of nitro groups is 1. The number of carbonyl (C=O) groups is 1. The smallest absolute Gasteiger partial charge is 0.288 e. The molecule has 0 saturated carbocycles. The summed E-state index contributed by atoms with van der Waals surface area (Å²) in [6.45, 7) is 0. The lowest BCUT2D eigenvalue weighted by atomic mass is 10.1. The Morgan fingerprint density at radius 2 is 2.12 bits per heavy atom. The van der Waals surface area contributed by atoms with Crippen LogP contribution < -0.4 is 0 Å². The molecule has 2 aromatic heterocycles. The van der Waals surface area contributed by atoms with E-state index in [-0.39, 0.29) is 22.1 Å². The fraction of sp³-hybridized carbons (Fsp3) is 0. The average Bonchev–Trinajstić information content (AvgIpc) is 3.24. The van der Waals surface area contributed by atoms with Gasteiger partial charge in [-0.1, -0.05) is 11.6 Å². The number of thiophene rings is 1. The number of thiazole rings is 1. The van der Waals surface area contributed by atoms with Gasteiger partial charge in [-0.15, -0.1) is 11.3 Å². The Hall–Kier alpha value is -2.35. The zero-order chi connectivity index (χ0) is 17.1. The molecule has 8 heteroatoms. The first-order valence-corrected chi connectivity index (χ1v) is 8.89. The van der Waals surface area contributed by atoms with E-state index in [1.54, 1.807) is 17.4 Å². The average molecular weight is 377 g/mol. The molecule has 0 aliphatic heterocycles. The van der Waals surface area contributed by atoms with Crippen molar-refractivity contribution >= 4 is 51.8 Å². The van der Waals surface area contributed by atoms with Crippen LogP contribution in [0.25, 0.3) is 16.6 Å². The summed E-state index contributed by atoms with van der Waals surface area (Å²) >= 11 is 8.82. The van der Waals surface area contributed by atoms with Crippen molar-refractivity contribution < 1.29 is 9.72 Å². The van der Waals surface area contributed by atoms with Gasteiger partial charge in [0.1, 0.15) is 10.0 Å². The molecule has 0 aliphatic rings. The van der Waals surface area contributed by atoms with Crippen LogP contribution in [0.15, 0.2) is 46.5 Å². The van der Waals surface area contributed by atoms with Crippen molar-refractivity contribution in [1.29, 1.82) is 0 Å². The lowest BCUT2D eigenvalue weighted by Crippen LogP contribution is -1.97. The summed E-state index contributed by atoms with van der Waals surface area (Å²) in [7, 11) is 0. The van der Waals surface area contributed by atoms with Crippen molar-refractivity contribution in [3.63, 3.8) is 0 Å². The van der Waals surface area contributed by atoms with Gasteiger partial charge < -0.3 is 0 Å². The van der Waals surface area contributed by atoms with Crippen LogP contribution in [0, 0.1) is 10.1 Å². The molecule has 3 rings (SSSR count). The summed E-state index contributed by atoms with van der Waals surface area (Å²) < 4.78 is 0. The predicted octanol–water partition coefficient (Wildman–Crippen LogP) is 5.33. The molecule has 0 bridgehead atoms. The summed E-state index contributed by atoms with van der Waals surface area (Å²) in [5.74, 6) is -0.347. The maximum absolute atomic E-state index is 12.2. The third-order valence-corrected chi connectivity index (χ3v) is 5.04. The Morgan fingerprint density at radius 1 is 1.29 bits per heavy atom.